The van der Waals surface area contributed by atoms with Crippen molar-refractivity contribution in [1.29, 1.82) is 0 Å². The molecular weight excluding hydrogens is 284 g/mol. The largest absolute Gasteiger partial charge is 0.361 e. The molecule has 1 unspecified atom stereocenters. The quantitative estimate of drug-likeness (QED) is 0.865. The number of aryl methyl sites for hydroxylation is 1. The highest BCUT2D eigenvalue weighted by molar-refractivity contribution is 9.13. The Bertz CT molecular complexity index is 279. The zero-order valence-corrected chi connectivity index (χ0v) is 10.3. The molecule has 0 amide bonds. The summed E-state index contributed by atoms with van der Waals surface area (Å²) < 4.78 is 2.19. The second-order valence-corrected chi connectivity index (χ2v) is 4.62. The number of hydrogen-bond donors (Lipinski definition) is 2. The molecule has 4 heteroatoms. The molecule has 2 nitrogen and oxygen atoms in total. The fraction of sp³-hybridized carbons (Fsp3) is 0.500. The first-order chi connectivity index (χ1) is 5.52. The number of halogens is 2. The lowest BCUT2D eigenvalue weighted by Gasteiger charge is -2.02. The third-order valence-electron chi connectivity index (χ3n) is 1.65. The van der Waals surface area contributed by atoms with Gasteiger partial charge in [0.25, 0.3) is 0 Å². The van der Waals surface area contributed by atoms with Gasteiger partial charge in [-0.25, -0.2) is 0 Å². The van der Waals surface area contributed by atoms with Gasteiger partial charge in [-0.15, -0.1) is 0 Å². The lowest BCUT2D eigenvalue weighted by Crippen LogP contribution is -2.18. The number of aromatic amines is 1. The van der Waals surface area contributed by atoms with Gasteiger partial charge in [-0.3, -0.25) is 0 Å². The van der Waals surface area contributed by atoms with Crippen molar-refractivity contribution in [1.82, 2.24) is 4.98 Å². The Morgan fingerprint density at radius 2 is 2.00 bits per heavy atom. The van der Waals surface area contributed by atoms with E-state index in [1.807, 2.05) is 13.8 Å². The van der Waals surface area contributed by atoms with Crippen LogP contribution in [0.1, 0.15) is 18.3 Å². The van der Waals surface area contributed by atoms with Crippen LogP contribution >= 0.6 is 31.9 Å². The van der Waals surface area contributed by atoms with Gasteiger partial charge in [0.05, 0.1) is 8.95 Å². The summed E-state index contributed by atoms with van der Waals surface area (Å²) in [6.07, 6.45) is 0.868. The van der Waals surface area contributed by atoms with Crippen molar-refractivity contribution in [2.24, 2.45) is 5.73 Å². The lowest BCUT2D eigenvalue weighted by atomic mass is 10.2. The molecule has 0 saturated heterocycles. The molecule has 0 aliphatic carbocycles. The van der Waals surface area contributed by atoms with Crippen molar-refractivity contribution in [2.75, 3.05) is 0 Å². The van der Waals surface area contributed by atoms with E-state index in [-0.39, 0.29) is 6.04 Å². The Morgan fingerprint density at radius 3 is 2.33 bits per heavy atom. The molecule has 1 aromatic heterocycles. The molecule has 1 atom stereocenters. The second kappa shape index (κ2) is 3.94. The van der Waals surface area contributed by atoms with Crippen LogP contribution in [-0.2, 0) is 6.42 Å². The van der Waals surface area contributed by atoms with Gasteiger partial charge in [0.1, 0.15) is 0 Å². The maximum atomic E-state index is 5.70. The number of nitrogens with one attached hydrogen (secondary N) is 1. The molecule has 0 aliphatic heterocycles. The second-order valence-electron chi connectivity index (χ2n) is 3.04. The SMILES string of the molecule is Cc1[nH]c(CC(C)N)c(Br)c1Br. The van der Waals surface area contributed by atoms with Gasteiger partial charge in [0, 0.05) is 23.9 Å². The predicted molar refractivity (Wildman–Crippen MR) is 58.3 cm³/mol. The molecule has 1 aromatic rings. The highest BCUT2D eigenvalue weighted by atomic mass is 79.9. The van der Waals surface area contributed by atoms with E-state index >= 15 is 0 Å². The van der Waals surface area contributed by atoms with Gasteiger partial charge in [-0.05, 0) is 45.7 Å². The molecule has 0 aromatic carbocycles. The number of H-pyrrole nitrogens is 1. The van der Waals surface area contributed by atoms with Gasteiger partial charge in [0.15, 0.2) is 0 Å². The zero-order valence-electron chi connectivity index (χ0n) is 7.12. The van der Waals surface area contributed by atoms with E-state index < -0.39 is 0 Å². The Morgan fingerprint density at radius 1 is 1.42 bits per heavy atom. The smallest absolute Gasteiger partial charge is 0.0528 e. The summed E-state index contributed by atoms with van der Waals surface area (Å²) in [7, 11) is 0. The van der Waals surface area contributed by atoms with E-state index in [0.29, 0.717) is 0 Å². The van der Waals surface area contributed by atoms with Gasteiger partial charge >= 0.3 is 0 Å². The zero-order chi connectivity index (χ0) is 9.30. The monoisotopic (exact) mass is 294 g/mol. The molecule has 0 radical (unpaired) electrons. The standard InChI is InChI=1S/C8H12Br2N2/c1-4(11)3-6-8(10)7(9)5(2)12-6/h4,12H,3,11H2,1-2H3. The first kappa shape index (κ1) is 10.3. The topological polar surface area (TPSA) is 41.8 Å². The summed E-state index contributed by atoms with van der Waals surface area (Å²) in [4.78, 5) is 3.27. The Balaban J connectivity index is 2.93. The summed E-state index contributed by atoms with van der Waals surface area (Å²) in [6, 6.07) is 0.186. The molecule has 3 N–H and O–H groups in total. The summed E-state index contributed by atoms with van der Waals surface area (Å²) in [6.45, 7) is 4.02. The average molecular weight is 296 g/mol. The van der Waals surface area contributed by atoms with Crippen molar-refractivity contribution in [3.05, 3.63) is 20.3 Å². The van der Waals surface area contributed by atoms with Crippen LogP contribution in [0.5, 0.6) is 0 Å². The number of rotatable bonds is 2. The Labute approximate surface area is 89.2 Å². The van der Waals surface area contributed by atoms with Gasteiger partial charge < -0.3 is 10.7 Å². The van der Waals surface area contributed by atoms with Crippen molar-refractivity contribution < 1.29 is 0 Å². The third-order valence-corrected chi connectivity index (χ3v) is 4.05. The molecule has 0 saturated carbocycles. The Kier molecular flexibility index (Phi) is 3.37. The molecule has 12 heavy (non-hydrogen) atoms. The van der Waals surface area contributed by atoms with Crippen LogP contribution in [0.15, 0.2) is 8.95 Å². The molecular formula is C8H12Br2N2. The lowest BCUT2D eigenvalue weighted by molar-refractivity contribution is 0.722. The number of nitrogens with two attached hydrogens (primary N) is 1. The summed E-state index contributed by atoms with van der Waals surface area (Å²) in [5.41, 5.74) is 7.99. The van der Waals surface area contributed by atoms with E-state index in [1.54, 1.807) is 0 Å². The van der Waals surface area contributed by atoms with E-state index in [2.05, 4.69) is 36.8 Å². The van der Waals surface area contributed by atoms with E-state index in [4.69, 9.17) is 5.73 Å². The van der Waals surface area contributed by atoms with Gasteiger partial charge in [-0.2, -0.15) is 0 Å². The van der Waals surface area contributed by atoms with E-state index in [1.165, 1.54) is 0 Å². The first-order valence-electron chi connectivity index (χ1n) is 3.80. The molecule has 0 bridgehead atoms. The number of hydrogen-bond acceptors (Lipinski definition) is 1. The van der Waals surface area contributed by atoms with Crippen LogP contribution in [0.3, 0.4) is 0 Å². The minimum atomic E-state index is 0.186. The van der Waals surface area contributed by atoms with Crippen molar-refractivity contribution >= 4 is 31.9 Å². The fourth-order valence-electron chi connectivity index (χ4n) is 1.10. The summed E-state index contributed by atoms with van der Waals surface area (Å²) in [5.74, 6) is 0. The maximum absolute atomic E-state index is 5.70. The molecule has 0 spiro atoms. The highest BCUT2D eigenvalue weighted by Crippen LogP contribution is 2.30. The van der Waals surface area contributed by atoms with Crippen molar-refractivity contribution in [3.63, 3.8) is 0 Å². The fourth-order valence-corrected chi connectivity index (χ4v) is 1.99. The van der Waals surface area contributed by atoms with Crippen LogP contribution in [-0.4, -0.2) is 11.0 Å². The van der Waals surface area contributed by atoms with E-state index in [9.17, 15) is 0 Å². The van der Waals surface area contributed by atoms with Crippen LogP contribution in [0.25, 0.3) is 0 Å². The van der Waals surface area contributed by atoms with Crippen LogP contribution in [0.4, 0.5) is 0 Å². The minimum absolute atomic E-state index is 0.186. The first-order valence-corrected chi connectivity index (χ1v) is 5.39. The third kappa shape index (κ3) is 2.12. The van der Waals surface area contributed by atoms with Gasteiger partial charge in [-0.1, -0.05) is 0 Å². The molecule has 0 fully saturated rings. The summed E-state index contributed by atoms with van der Waals surface area (Å²) in [5, 5.41) is 0. The predicted octanol–water partition coefficient (Wildman–Crippen LogP) is 2.74. The maximum Gasteiger partial charge on any atom is 0.0528 e. The number of aromatic nitrogens is 1. The van der Waals surface area contributed by atoms with E-state index in [0.717, 1.165) is 26.8 Å². The average Bonchev–Trinajstić information content (AvgIpc) is 2.17. The molecule has 0 aliphatic rings. The van der Waals surface area contributed by atoms with Gasteiger partial charge in [0.2, 0.25) is 0 Å². The Hall–Kier alpha value is 0.200. The van der Waals surface area contributed by atoms with Crippen LogP contribution < -0.4 is 5.73 Å². The highest BCUT2D eigenvalue weighted by Gasteiger charge is 2.10. The van der Waals surface area contributed by atoms with Crippen LogP contribution in [0.2, 0.25) is 0 Å². The van der Waals surface area contributed by atoms with Crippen LogP contribution in [0, 0.1) is 6.92 Å². The molecule has 68 valence electrons. The normalized spacial score (nSPS) is 13.4. The van der Waals surface area contributed by atoms with Crippen molar-refractivity contribution in [3.8, 4) is 0 Å². The molecule has 1 rings (SSSR count). The summed E-state index contributed by atoms with van der Waals surface area (Å²) >= 11 is 6.97. The van der Waals surface area contributed by atoms with Crippen molar-refractivity contribution in [2.45, 2.75) is 26.3 Å². The minimum Gasteiger partial charge on any atom is -0.361 e. The molecule has 1 heterocycles.